The maximum Gasteiger partial charge on any atom is 0.322 e. The van der Waals surface area contributed by atoms with E-state index in [0.29, 0.717) is 38.8 Å². The predicted octanol–water partition coefficient (Wildman–Crippen LogP) is 5.46. The quantitative estimate of drug-likeness (QED) is 0.524. The van der Waals surface area contributed by atoms with Gasteiger partial charge in [-0.15, -0.1) is 10.2 Å². The maximum absolute atomic E-state index is 12.8. The van der Waals surface area contributed by atoms with Crippen LogP contribution in [0.1, 0.15) is 18.4 Å². The van der Waals surface area contributed by atoms with Crippen LogP contribution in [0.15, 0.2) is 42.5 Å². The van der Waals surface area contributed by atoms with Crippen LogP contribution in [-0.4, -0.2) is 39.6 Å². The zero-order valence-electron chi connectivity index (χ0n) is 16.6. The van der Waals surface area contributed by atoms with Gasteiger partial charge < -0.3 is 10.2 Å². The highest BCUT2D eigenvalue weighted by Gasteiger charge is 2.34. The molecule has 1 saturated heterocycles. The molecule has 160 valence electrons. The number of carbonyl (C=O) groups is 2. The van der Waals surface area contributed by atoms with Gasteiger partial charge in [0.25, 0.3) is 0 Å². The Balaban J connectivity index is 1.42. The number of hydrogen-bond acceptors (Lipinski definition) is 5. The molecule has 3 aromatic rings. The molecule has 1 atom stereocenters. The van der Waals surface area contributed by atoms with Crippen molar-refractivity contribution in [2.45, 2.75) is 25.8 Å². The van der Waals surface area contributed by atoms with E-state index in [-0.39, 0.29) is 11.9 Å². The zero-order chi connectivity index (χ0) is 22.0. The number of nitrogens with zero attached hydrogens (tertiary/aromatic N) is 3. The summed E-state index contributed by atoms with van der Waals surface area (Å²) in [4.78, 5) is 27.1. The Labute approximate surface area is 193 Å². The number of aryl methyl sites for hydroxylation is 1. The molecule has 1 unspecified atom stereocenters. The lowest BCUT2D eigenvalue weighted by Crippen LogP contribution is -2.45. The van der Waals surface area contributed by atoms with Crippen LogP contribution in [0.2, 0.25) is 10.0 Å². The lowest BCUT2D eigenvalue weighted by atomic mass is 10.2. The Hall–Kier alpha value is -2.68. The smallest absolute Gasteiger partial charge is 0.312 e. The summed E-state index contributed by atoms with van der Waals surface area (Å²) in [5.41, 5.74) is 2.53. The number of anilines is 2. The number of likely N-dealkylation sites (tertiary alicyclic amines) is 1. The van der Waals surface area contributed by atoms with E-state index in [0.717, 1.165) is 17.5 Å². The highest BCUT2D eigenvalue weighted by atomic mass is 35.5. The zero-order valence-corrected chi connectivity index (χ0v) is 18.9. The molecule has 0 spiro atoms. The number of benzene rings is 2. The Morgan fingerprint density at radius 1 is 1.10 bits per heavy atom. The van der Waals surface area contributed by atoms with E-state index in [1.165, 1.54) is 16.2 Å². The van der Waals surface area contributed by atoms with Crippen molar-refractivity contribution in [2.75, 3.05) is 17.2 Å². The first-order valence-corrected chi connectivity index (χ1v) is 11.2. The lowest BCUT2D eigenvalue weighted by Gasteiger charge is -2.24. The van der Waals surface area contributed by atoms with Gasteiger partial charge in [0.05, 0.1) is 10.7 Å². The summed E-state index contributed by atoms with van der Waals surface area (Å²) < 4.78 is 0. The normalized spacial score (nSPS) is 15.7. The second-order valence-electron chi connectivity index (χ2n) is 7.17. The summed E-state index contributed by atoms with van der Waals surface area (Å²) in [6.45, 7) is 2.49. The molecule has 10 heteroatoms. The standard InChI is InChI=1S/C21H19Cl2N5O2S/c1-12-4-6-13(7-5-12)19-26-27-20(31-19)25-18(29)17-3-2-10-28(17)21(30)24-16-9-8-14(22)11-15(16)23/h4-9,11,17H,2-3,10H2,1H3,(H,24,30)(H,25,27,29). The minimum absolute atomic E-state index is 0.290. The summed E-state index contributed by atoms with van der Waals surface area (Å²) in [5, 5.41) is 15.7. The van der Waals surface area contributed by atoms with Crippen LogP contribution >= 0.6 is 34.5 Å². The van der Waals surface area contributed by atoms with E-state index < -0.39 is 6.04 Å². The van der Waals surface area contributed by atoms with Gasteiger partial charge >= 0.3 is 6.03 Å². The molecule has 1 aliphatic heterocycles. The SMILES string of the molecule is Cc1ccc(-c2nnc(NC(=O)C3CCCN3C(=O)Nc3ccc(Cl)cc3Cl)s2)cc1. The largest absolute Gasteiger partial charge is 0.322 e. The average Bonchev–Trinajstić information content (AvgIpc) is 3.40. The van der Waals surface area contributed by atoms with Gasteiger partial charge in [-0.3, -0.25) is 10.1 Å². The second kappa shape index (κ2) is 9.21. The van der Waals surface area contributed by atoms with Gasteiger partial charge in [0.2, 0.25) is 11.0 Å². The second-order valence-corrected chi connectivity index (χ2v) is 8.99. The molecule has 1 aromatic heterocycles. The first kappa shape index (κ1) is 21.5. The fourth-order valence-corrected chi connectivity index (χ4v) is 4.54. The molecule has 7 nitrogen and oxygen atoms in total. The van der Waals surface area contributed by atoms with Crippen LogP contribution in [0, 0.1) is 6.92 Å². The number of nitrogens with one attached hydrogen (secondary N) is 2. The van der Waals surface area contributed by atoms with Crippen molar-refractivity contribution in [1.29, 1.82) is 0 Å². The number of carbonyl (C=O) groups excluding carboxylic acids is 2. The van der Waals surface area contributed by atoms with Crippen molar-refractivity contribution >= 4 is 57.3 Å². The van der Waals surface area contributed by atoms with E-state index in [2.05, 4.69) is 20.8 Å². The number of rotatable bonds is 4. The van der Waals surface area contributed by atoms with Gasteiger partial charge in [-0.05, 0) is 38.0 Å². The minimum atomic E-state index is -0.599. The van der Waals surface area contributed by atoms with Crippen molar-refractivity contribution in [1.82, 2.24) is 15.1 Å². The highest BCUT2D eigenvalue weighted by molar-refractivity contribution is 7.18. The minimum Gasteiger partial charge on any atom is -0.312 e. The third-order valence-corrected chi connectivity index (χ3v) is 6.38. The van der Waals surface area contributed by atoms with E-state index in [1.54, 1.807) is 18.2 Å². The molecule has 0 radical (unpaired) electrons. The van der Waals surface area contributed by atoms with Crippen LogP contribution in [0.25, 0.3) is 10.6 Å². The van der Waals surface area contributed by atoms with Gasteiger partial charge in [-0.2, -0.15) is 0 Å². The third kappa shape index (κ3) is 4.98. The van der Waals surface area contributed by atoms with Crippen molar-refractivity contribution < 1.29 is 9.59 Å². The molecule has 2 N–H and O–H groups in total. The first-order chi connectivity index (χ1) is 14.9. The number of hydrogen-bond donors (Lipinski definition) is 2. The molecule has 31 heavy (non-hydrogen) atoms. The lowest BCUT2D eigenvalue weighted by molar-refractivity contribution is -0.119. The number of amides is 3. The topological polar surface area (TPSA) is 87.2 Å². The van der Waals surface area contributed by atoms with Gasteiger partial charge in [-0.1, -0.05) is 64.4 Å². The highest BCUT2D eigenvalue weighted by Crippen LogP contribution is 2.29. The molecule has 1 aliphatic rings. The van der Waals surface area contributed by atoms with Crippen LogP contribution in [-0.2, 0) is 4.79 Å². The monoisotopic (exact) mass is 475 g/mol. The van der Waals surface area contributed by atoms with Crippen molar-refractivity contribution in [3.05, 3.63) is 58.1 Å². The van der Waals surface area contributed by atoms with E-state index >= 15 is 0 Å². The van der Waals surface area contributed by atoms with E-state index in [4.69, 9.17) is 23.2 Å². The molecule has 3 amide bonds. The Morgan fingerprint density at radius 2 is 1.87 bits per heavy atom. The summed E-state index contributed by atoms with van der Waals surface area (Å²) in [6, 6.07) is 11.7. The Morgan fingerprint density at radius 3 is 2.61 bits per heavy atom. The summed E-state index contributed by atoms with van der Waals surface area (Å²) in [6.07, 6.45) is 1.29. The summed E-state index contributed by atoms with van der Waals surface area (Å²) in [5.74, 6) is -0.290. The molecular weight excluding hydrogens is 457 g/mol. The number of urea groups is 1. The molecule has 1 fully saturated rings. The molecule has 2 heterocycles. The van der Waals surface area contributed by atoms with Gasteiger partial charge in [0.1, 0.15) is 11.0 Å². The Bertz CT molecular complexity index is 1120. The van der Waals surface area contributed by atoms with Gasteiger partial charge in [-0.25, -0.2) is 4.79 Å². The van der Waals surface area contributed by atoms with Gasteiger partial charge in [0.15, 0.2) is 0 Å². The average molecular weight is 476 g/mol. The molecule has 2 aromatic carbocycles. The predicted molar refractivity (Wildman–Crippen MR) is 124 cm³/mol. The maximum atomic E-state index is 12.8. The number of halogens is 2. The van der Waals surface area contributed by atoms with Crippen LogP contribution in [0.5, 0.6) is 0 Å². The van der Waals surface area contributed by atoms with Gasteiger partial charge in [0, 0.05) is 17.1 Å². The first-order valence-electron chi connectivity index (χ1n) is 9.65. The van der Waals surface area contributed by atoms with Crippen molar-refractivity contribution in [3.63, 3.8) is 0 Å². The van der Waals surface area contributed by atoms with Crippen molar-refractivity contribution in [3.8, 4) is 10.6 Å². The van der Waals surface area contributed by atoms with Crippen molar-refractivity contribution in [2.24, 2.45) is 0 Å². The molecular formula is C21H19Cl2N5O2S. The molecule has 0 aliphatic carbocycles. The summed E-state index contributed by atoms with van der Waals surface area (Å²) >= 11 is 13.3. The van der Waals surface area contributed by atoms with Crippen LogP contribution in [0.4, 0.5) is 15.6 Å². The fraction of sp³-hybridized carbons (Fsp3) is 0.238. The fourth-order valence-electron chi connectivity index (χ4n) is 3.34. The summed E-state index contributed by atoms with van der Waals surface area (Å²) in [7, 11) is 0. The third-order valence-electron chi connectivity index (χ3n) is 4.94. The van der Waals surface area contributed by atoms with Crippen LogP contribution < -0.4 is 10.6 Å². The Kier molecular flexibility index (Phi) is 6.41. The molecule has 0 bridgehead atoms. The van der Waals surface area contributed by atoms with Crippen LogP contribution in [0.3, 0.4) is 0 Å². The number of aromatic nitrogens is 2. The van der Waals surface area contributed by atoms with E-state index in [9.17, 15) is 9.59 Å². The molecule has 4 rings (SSSR count). The van der Waals surface area contributed by atoms with E-state index in [1.807, 2.05) is 31.2 Å². The molecule has 0 saturated carbocycles.